The lowest BCUT2D eigenvalue weighted by molar-refractivity contribution is 0.151. The number of rotatable bonds is 5. The zero-order valence-corrected chi connectivity index (χ0v) is 9.28. The third-order valence-electron chi connectivity index (χ3n) is 1.61. The molecule has 0 saturated heterocycles. The second-order valence-corrected chi connectivity index (χ2v) is 3.83. The molecule has 1 N–H and O–H groups in total. The minimum atomic E-state index is -0.418. The highest BCUT2D eigenvalue weighted by molar-refractivity contribution is 14.1. The van der Waals surface area contributed by atoms with Crippen LogP contribution >= 0.6 is 22.9 Å². The van der Waals surface area contributed by atoms with E-state index in [1.54, 1.807) is 6.08 Å². The van der Waals surface area contributed by atoms with Gasteiger partial charge in [0.15, 0.2) is 0 Å². The summed E-state index contributed by atoms with van der Waals surface area (Å²) in [7, 11) is 0. The van der Waals surface area contributed by atoms with Crippen molar-refractivity contribution >= 4 is 22.9 Å². The molecule has 0 fully saturated rings. The van der Waals surface area contributed by atoms with Gasteiger partial charge in [-0.2, -0.15) is 0 Å². The van der Waals surface area contributed by atoms with E-state index < -0.39 is 6.10 Å². The zero-order valence-electron chi connectivity index (χ0n) is 7.13. The van der Waals surface area contributed by atoms with E-state index in [2.05, 4.69) is 39.5 Å². The van der Waals surface area contributed by atoms with E-state index in [0.717, 1.165) is 13.0 Å². The van der Waals surface area contributed by atoms with E-state index in [-0.39, 0.29) is 6.04 Å². The van der Waals surface area contributed by atoms with Gasteiger partial charge in [0.1, 0.15) is 0 Å². The Morgan fingerprint density at radius 3 is 2.64 bits per heavy atom. The van der Waals surface area contributed by atoms with Crippen molar-refractivity contribution in [2.75, 3.05) is 6.54 Å². The molecule has 0 aromatic heterocycles. The van der Waals surface area contributed by atoms with Crippen LogP contribution in [0.5, 0.6) is 0 Å². The molecule has 0 aliphatic rings. The summed E-state index contributed by atoms with van der Waals surface area (Å²) in [6, 6.07) is 0.160. The highest BCUT2D eigenvalue weighted by atomic mass is 127. The van der Waals surface area contributed by atoms with Crippen molar-refractivity contribution < 1.29 is 5.11 Å². The average Bonchev–Trinajstić information content (AvgIpc) is 2.02. The molecule has 0 amide bonds. The summed E-state index contributed by atoms with van der Waals surface area (Å²) in [6.07, 6.45) is 2.27. The van der Waals surface area contributed by atoms with Crippen LogP contribution in [0.4, 0.5) is 0 Å². The van der Waals surface area contributed by atoms with Crippen LogP contribution in [0.1, 0.15) is 20.3 Å². The molecule has 0 heterocycles. The predicted octanol–water partition coefficient (Wildman–Crippen LogP) is 1.98. The number of aliphatic hydroxyl groups is 1. The maximum atomic E-state index is 9.36. The summed E-state index contributed by atoms with van der Waals surface area (Å²) in [4.78, 5) is 0. The number of aliphatic hydroxyl groups excluding tert-OH is 1. The molecule has 0 radical (unpaired) electrons. The predicted molar refractivity (Wildman–Crippen MR) is 56.7 cm³/mol. The summed E-state index contributed by atoms with van der Waals surface area (Å²) < 4.78 is 2.10. The van der Waals surface area contributed by atoms with Gasteiger partial charge in [-0.3, -0.25) is 0 Å². The summed E-state index contributed by atoms with van der Waals surface area (Å²) in [5.74, 6) is 0. The quantitative estimate of drug-likeness (QED) is 0.468. The highest BCUT2D eigenvalue weighted by Crippen LogP contribution is 2.11. The molecule has 0 aromatic carbocycles. The molecule has 0 aliphatic heterocycles. The van der Waals surface area contributed by atoms with Crippen LogP contribution in [0.15, 0.2) is 12.7 Å². The Labute approximate surface area is 82.8 Å². The molecule has 0 aliphatic carbocycles. The summed E-state index contributed by atoms with van der Waals surface area (Å²) in [5, 5.41) is 9.36. The summed E-state index contributed by atoms with van der Waals surface area (Å²) in [5.41, 5.74) is 0. The molecular weight excluding hydrogens is 253 g/mol. The van der Waals surface area contributed by atoms with Crippen molar-refractivity contribution in [2.45, 2.75) is 32.4 Å². The topological polar surface area (TPSA) is 23.5 Å². The molecule has 0 rings (SSSR count). The third-order valence-corrected chi connectivity index (χ3v) is 2.98. The zero-order chi connectivity index (χ0) is 8.85. The maximum Gasteiger partial charge on any atom is 0.0878 e. The highest BCUT2D eigenvalue weighted by Gasteiger charge is 2.15. The monoisotopic (exact) mass is 269 g/mol. The van der Waals surface area contributed by atoms with E-state index in [1.165, 1.54) is 0 Å². The second kappa shape index (κ2) is 5.97. The SMILES string of the molecule is C=C[C@H](O)[C@@H](C)N(I)CCC. The molecule has 66 valence electrons. The molecule has 0 unspecified atom stereocenters. The first-order valence-corrected chi connectivity index (χ1v) is 4.83. The van der Waals surface area contributed by atoms with Gasteiger partial charge in [0.05, 0.1) is 6.10 Å². The van der Waals surface area contributed by atoms with Crippen LogP contribution in [0, 0.1) is 0 Å². The molecule has 0 saturated carbocycles. The Kier molecular flexibility index (Phi) is 6.18. The Morgan fingerprint density at radius 1 is 1.73 bits per heavy atom. The van der Waals surface area contributed by atoms with E-state index in [0.29, 0.717) is 0 Å². The first-order valence-electron chi connectivity index (χ1n) is 3.86. The van der Waals surface area contributed by atoms with Crippen molar-refractivity contribution in [3.05, 3.63) is 12.7 Å². The number of hydrogen-bond acceptors (Lipinski definition) is 2. The van der Waals surface area contributed by atoms with Gasteiger partial charge in [0, 0.05) is 35.5 Å². The molecule has 0 aromatic rings. The van der Waals surface area contributed by atoms with Crippen molar-refractivity contribution in [2.24, 2.45) is 0 Å². The first kappa shape index (κ1) is 11.4. The number of nitrogens with zero attached hydrogens (tertiary/aromatic N) is 1. The van der Waals surface area contributed by atoms with Crippen molar-refractivity contribution in [3.63, 3.8) is 0 Å². The molecule has 3 heteroatoms. The third kappa shape index (κ3) is 4.08. The van der Waals surface area contributed by atoms with E-state index in [9.17, 15) is 5.11 Å². The minimum absolute atomic E-state index is 0.160. The van der Waals surface area contributed by atoms with Crippen molar-refractivity contribution in [1.29, 1.82) is 0 Å². The van der Waals surface area contributed by atoms with E-state index in [4.69, 9.17) is 0 Å². The van der Waals surface area contributed by atoms with Gasteiger partial charge < -0.3 is 5.11 Å². The maximum absolute atomic E-state index is 9.36. The van der Waals surface area contributed by atoms with Gasteiger partial charge in [-0.25, -0.2) is 3.11 Å². The van der Waals surface area contributed by atoms with Crippen LogP contribution in [0.25, 0.3) is 0 Å². The fourth-order valence-corrected chi connectivity index (χ4v) is 1.59. The molecular formula is C8H16INO. The first-order chi connectivity index (χ1) is 5.13. The molecule has 2 atom stereocenters. The van der Waals surface area contributed by atoms with Crippen LogP contribution in [-0.4, -0.2) is 26.9 Å². The summed E-state index contributed by atoms with van der Waals surface area (Å²) in [6.45, 7) is 8.67. The fraction of sp³-hybridized carbons (Fsp3) is 0.750. The number of halogens is 1. The van der Waals surface area contributed by atoms with E-state index in [1.807, 2.05) is 6.92 Å². The normalized spacial score (nSPS) is 16.5. The van der Waals surface area contributed by atoms with Gasteiger partial charge in [-0.1, -0.05) is 13.0 Å². The average molecular weight is 269 g/mol. The van der Waals surface area contributed by atoms with Gasteiger partial charge in [0.2, 0.25) is 0 Å². The van der Waals surface area contributed by atoms with Crippen LogP contribution in [0.2, 0.25) is 0 Å². The lowest BCUT2D eigenvalue weighted by Gasteiger charge is -2.24. The van der Waals surface area contributed by atoms with Gasteiger partial charge in [0.25, 0.3) is 0 Å². The largest absolute Gasteiger partial charge is 0.387 e. The van der Waals surface area contributed by atoms with Crippen LogP contribution in [-0.2, 0) is 0 Å². The minimum Gasteiger partial charge on any atom is -0.387 e. The molecule has 2 nitrogen and oxygen atoms in total. The Bertz CT molecular complexity index is 119. The number of hydrogen-bond donors (Lipinski definition) is 1. The van der Waals surface area contributed by atoms with Gasteiger partial charge >= 0.3 is 0 Å². The van der Waals surface area contributed by atoms with Crippen LogP contribution < -0.4 is 0 Å². The van der Waals surface area contributed by atoms with Crippen LogP contribution in [0.3, 0.4) is 0 Å². The molecule has 11 heavy (non-hydrogen) atoms. The lowest BCUT2D eigenvalue weighted by Crippen LogP contribution is -2.34. The summed E-state index contributed by atoms with van der Waals surface area (Å²) >= 11 is 2.23. The van der Waals surface area contributed by atoms with Crippen molar-refractivity contribution in [3.8, 4) is 0 Å². The fourth-order valence-electron chi connectivity index (χ4n) is 0.780. The van der Waals surface area contributed by atoms with Gasteiger partial charge in [-0.15, -0.1) is 6.58 Å². The molecule has 0 spiro atoms. The Balaban J connectivity index is 3.79. The Morgan fingerprint density at radius 2 is 2.27 bits per heavy atom. The second-order valence-electron chi connectivity index (χ2n) is 2.59. The Hall–Kier alpha value is 0.390. The standard InChI is InChI=1S/C8H16INO/c1-4-6-10(9)7(3)8(11)5-2/h5,7-8,11H,2,4,6H2,1,3H3/t7-,8+/m1/s1. The van der Waals surface area contributed by atoms with Gasteiger partial charge in [-0.05, 0) is 13.3 Å². The van der Waals surface area contributed by atoms with E-state index >= 15 is 0 Å². The van der Waals surface area contributed by atoms with Crippen molar-refractivity contribution in [1.82, 2.24) is 3.11 Å². The lowest BCUT2D eigenvalue weighted by atomic mass is 10.2. The molecule has 0 bridgehead atoms. The smallest absolute Gasteiger partial charge is 0.0878 e.